The van der Waals surface area contributed by atoms with Gasteiger partial charge in [0.2, 0.25) is 21.8 Å². The van der Waals surface area contributed by atoms with Crippen LogP contribution in [0.1, 0.15) is 6.42 Å². The third-order valence-electron chi connectivity index (χ3n) is 5.85. The van der Waals surface area contributed by atoms with Gasteiger partial charge in [-0.05, 0) is 24.3 Å². The summed E-state index contributed by atoms with van der Waals surface area (Å²) in [5.41, 5.74) is 0.375. The van der Waals surface area contributed by atoms with E-state index in [2.05, 4.69) is 0 Å². The minimum absolute atomic E-state index is 0.0374. The van der Waals surface area contributed by atoms with Gasteiger partial charge < -0.3 is 9.80 Å². The number of anilines is 1. The first-order chi connectivity index (χ1) is 15.7. The van der Waals surface area contributed by atoms with Gasteiger partial charge in [0.15, 0.2) is 0 Å². The van der Waals surface area contributed by atoms with Crippen LogP contribution in [-0.4, -0.2) is 67.1 Å². The van der Waals surface area contributed by atoms with Crippen molar-refractivity contribution in [1.82, 2.24) is 9.21 Å². The standard InChI is InChI=1S/C21H21ClN4O6S/c22-18-3-1-2-4-19(18)25-14-15(13-20(25)27)21(28)23-9-11-24(12-10-23)33(31,32)17-7-5-16(6-8-17)26(29)30/h1-8,15H,9-14H2. The lowest BCUT2D eigenvalue weighted by atomic mass is 10.1. The Balaban J connectivity index is 1.38. The lowest BCUT2D eigenvalue weighted by Gasteiger charge is -2.35. The molecule has 1 unspecified atom stereocenters. The number of non-ortho nitro benzene ring substituents is 1. The molecule has 2 aliphatic rings. The van der Waals surface area contributed by atoms with Gasteiger partial charge in [0.25, 0.3) is 5.69 Å². The molecule has 0 radical (unpaired) electrons. The topological polar surface area (TPSA) is 121 Å². The van der Waals surface area contributed by atoms with Gasteiger partial charge in [-0.25, -0.2) is 8.42 Å². The van der Waals surface area contributed by atoms with Crippen LogP contribution in [-0.2, 0) is 19.6 Å². The van der Waals surface area contributed by atoms with Gasteiger partial charge in [-0.3, -0.25) is 19.7 Å². The van der Waals surface area contributed by atoms with Gasteiger partial charge in [-0.15, -0.1) is 0 Å². The SMILES string of the molecule is O=C(C1CC(=O)N(c2ccccc2Cl)C1)N1CCN(S(=O)(=O)c2ccc([N+](=O)[O-])cc2)CC1. The molecule has 0 bridgehead atoms. The van der Waals surface area contributed by atoms with Crippen LogP contribution in [0.2, 0.25) is 5.02 Å². The van der Waals surface area contributed by atoms with Crippen molar-refractivity contribution < 1.29 is 22.9 Å². The number of sulfonamides is 1. The van der Waals surface area contributed by atoms with Crippen molar-refractivity contribution in [2.45, 2.75) is 11.3 Å². The second-order valence-corrected chi connectivity index (χ2v) is 10.2. The van der Waals surface area contributed by atoms with E-state index in [0.717, 1.165) is 12.1 Å². The lowest BCUT2D eigenvalue weighted by molar-refractivity contribution is -0.384. The number of carbonyl (C=O) groups is 2. The van der Waals surface area contributed by atoms with Crippen molar-refractivity contribution in [2.75, 3.05) is 37.6 Å². The van der Waals surface area contributed by atoms with Crippen LogP contribution in [0.3, 0.4) is 0 Å². The highest BCUT2D eigenvalue weighted by atomic mass is 35.5. The first kappa shape index (κ1) is 23.1. The van der Waals surface area contributed by atoms with Crippen LogP contribution in [0.5, 0.6) is 0 Å². The Morgan fingerprint density at radius 2 is 1.67 bits per heavy atom. The Morgan fingerprint density at radius 1 is 1.03 bits per heavy atom. The molecule has 12 heteroatoms. The van der Waals surface area contributed by atoms with E-state index in [1.807, 2.05) is 0 Å². The number of carbonyl (C=O) groups excluding carboxylic acids is 2. The zero-order valence-electron chi connectivity index (χ0n) is 17.5. The molecule has 10 nitrogen and oxygen atoms in total. The zero-order chi connectivity index (χ0) is 23.8. The first-order valence-corrected chi connectivity index (χ1v) is 12.1. The van der Waals surface area contributed by atoms with Gasteiger partial charge in [0.05, 0.1) is 26.4 Å². The number of piperazine rings is 1. The van der Waals surface area contributed by atoms with Crippen LogP contribution in [0.15, 0.2) is 53.4 Å². The number of para-hydroxylation sites is 1. The summed E-state index contributed by atoms with van der Waals surface area (Å²) in [5.74, 6) is -0.891. The molecule has 174 valence electrons. The molecule has 0 N–H and O–H groups in total. The molecule has 0 saturated carbocycles. The largest absolute Gasteiger partial charge is 0.340 e. The second-order valence-electron chi connectivity index (χ2n) is 7.84. The molecule has 0 aromatic heterocycles. The number of rotatable bonds is 5. The van der Waals surface area contributed by atoms with Crippen molar-refractivity contribution in [2.24, 2.45) is 5.92 Å². The minimum atomic E-state index is -3.84. The summed E-state index contributed by atoms with van der Waals surface area (Å²) >= 11 is 6.19. The molecule has 0 spiro atoms. The Labute approximate surface area is 195 Å². The number of benzene rings is 2. The summed E-state index contributed by atoms with van der Waals surface area (Å²) in [6, 6.07) is 11.7. The number of nitro benzene ring substituents is 1. The van der Waals surface area contributed by atoms with Crippen LogP contribution in [0.25, 0.3) is 0 Å². The van der Waals surface area contributed by atoms with E-state index in [1.54, 1.807) is 29.2 Å². The summed E-state index contributed by atoms with van der Waals surface area (Å²) in [4.78, 5) is 38.8. The maximum Gasteiger partial charge on any atom is 0.269 e. The molecule has 0 aliphatic carbocycles. The fourth-order valence-electron chi connectivity index (χ4n) is 4.07. The van der Waals surface area contributed by atoms with Gasteiger partial charge in [-0.2, -0.15) is 4.31 Å². The summed E-state index contributed by atoms with van der Waals surface area (Å²) in [6.45, 7) is 0.812. The molecular weight excluding hydrogens is 472 g/mol. The number of nitrogens with zero attached hydrogens (tertiary/aromatic N) is 4. The Kier molecular flexibility index (Phi) is 6.37. The monoisotopic (exact) mass is 492 g/mol. The highest BCUT2D eigenvalue weighted by Gasteiger charge is 2.39. The fraction of sp³-hybridized carbons (Fsp3) is 0.333. The highest BCUT2D eigenvalue weighted by molar-refractivity contribution is 7.89. The molecule has 2 fully saturated rings. The van der Waals surface area contributed by atoms with Crippen molar-refractivity contribution in [3.05, 3.63) is 63.7 Å². The van der Waals surface area contributed by atoms with Gasteiger partial charge in [0, 0.05) is 51.3 Å². The van der Waals surface area contributed by atoms with E-state index in [9.17, 15) is 28.1 Å². The summed E-state index contributed by atoms with van der Waals surface area (Å²) < 4.78 is 27.0. The second kappa shape index (κ2) is 9.08. The van der Waals surface area contributed by atoms with Gasteiger partial charge >= 0.3 is 0 Å². The first-order valence-electron chi connectivity index (χ1n) is 10.3. The van der Waals surface area contributed by atoms with Crippen molar-refractivity contribution in [3.63, 3.8) is 0 Å². The predicted octanol–water partition coefficient (Wildman–Crippen LogP) is 2.13. The molecule has 2 aliphatic heterocycles. The van der Waals surface area contributed by atoms with Crippen LogP contribution >= 0.6 is 11.6 Å². The van der Waals surface area contributed by atoms with Gasteiger partial charge in [-0.1, -0.05) is 23.7 Å². The normalized spacial score (nSPS) is 19.7. The van der Waals surface area contributed by atoms with Gasteiger partial charge in [0.1, 0.15) is 0 Å². The zero-order valence-corrected chi connectivity index (χ0v) is 19.0. The van der Waals surface area contributed by atoms with Crippen molar-refractivity contribution >= 4 is 44.8 Å². The number of halogens is 1. The summed E-state index contributed by atoms with van der Waals surface area (Å²) in [7, 11) is -3.84. The van der Waals surface area contributed by atoms with Crippen molar-refractivity contribution in [3.8, 4) is 0 Å². The van der Waals surface area contributed by atoms with Crippen molar-refractivity contribution in [1.29, 1.82) is 0 Å². The van der Waals surface area contributed by atoms with Crippen LogP contribution in [0, 0.1) is 16.0 Å². The number of nitro groups is 1. The van der Waals surface area contributed by atoms with E-state index >= 15 is 0 Å². The predicted molar refractivity (Wildman–Crippen MR) is 120 cm³/mol. The Hall–Kier alpha value is -3.02. The maximum absolute atomic E-state index is 13.0. The Bertz CT molecular complexity index is 1200. The smallest absolute Gasteiger partial charge is 0.269 e. The molecule has 2 saturated heterocycles. The van der Waals surface area contributed by atoms with E-state index in [-0.39, 0.29) is 61.5 Å². The Morgan fingerprint density at radius 3 is 2.27 bits per heavy atom. The summed E-state index contributed by atoms with van der Waals surface area (Å²) in [6.07, 6.45) is 0.0748. The summed E-state index contributed by atoms with van der Waals surface area (Å²) in [5, 5.41) is 11.2. The quantitative estimate of drug-likeness (QED) is 0.465. The van der Waals surface area contributed by atoms with E-state index in [4.69, 9.17) is 11.6 Å². The minimum Gasteiger partial charge on any atom is -0.340 e. The molecule has 4 rings (SSSR count). The molecular formula is C21H21ClN4O6S. The average Bonchev–Trinajstić information content (AvgIpc) is 3.20. The van der Waals surface area contributed by atoms with Crippen LogP contribution in [0.4, 0.5) is 11.4 Å². The molecule has 1 atom stereocenters. The molecule has 2 heterocycles. The fourth-order valence-corrected chi connectivity index (χ4v) is 5.73. The third kappa shape index (κ3) is 4.56. The molecule has 2 aromatic carbocycles. The van der Waals surface area contributed by atoms with E-state index in [1.165, 1.54) is 21.3 Å². The molecule has 2 amide bonds. The number of hydrogen-bond donors (Lipinski definition) is 0. The maximum atomic E-state index is 13.0. The highest BCUT2D eigenvalue weighted by Crippen LogP contribution is 2.32. The third-order valence-corrected chi connectivity index (χ3v) is 8.09. The molecule has 33 heavy (non-hydrogen) atoms. The number of hydrogen-bond acceptors (Lipinski definition) is 6. The van der Waals surface area contributed by atoms with Crippen LogP contribution < -0.4 is 4.90 Å². The van der Waals surface area contributed by atoms with E-state index in [0.29, 0.717) is 10.7 Å². The average molecular weight is 493 g/mol. The molecule has 2 aromatic rings. The lowest BCUT2D eigenvalue weighted by Crippen LogP contribution is -2.52. The number of amides is 2. The van der Waals surface area contributed by atoms with E-state index < -0.39 is 20.9 Å².